The monoisotopic (exact) mass is 221 g/mol. The van der Waals surface area contributed by atoms with Gasteiger partial charge in [0.2, 0.25) is 5.88 Å². The maximum absolute atomic E-state index is 5.83. The number of rotatable bonds is 4. The zero-order valence-corrected chi connectivity index (χ0v) is 9.78. The highest BCUT2D eigenvalue weighted by molar-refractivity contribution is 5.14. The molecule has 0 spiro atoms. The van der Waals surface area contributed by atoms with Gasteiger partial charge >= 0.3 is 0 Å². The minimum absolute atomic E-state index is 0.262. The first kappa shape index (κ1) is 11.3. The van der Waals surface area contributed by atoms with Gasteiger partial charge in [-0.1, -0.05) is 13.3 Å². The molecule has 4 heteroatoms. The molecule has 0 amide bonds. The van der Waals surface area contributed by atoms with Crippen LogP contribution in [0.3, 0.4) is 0 Å². The summed E-state index contributed by atoms with van der Waals surface area (Å²) in [5.41, 5.74) is 1.07. The van der Waals surface area contributed by atoms with Crippen LogP contribution in [-0.4, -0.2) is 29.2 Å². The summed E-state index contributed by atoms with van der Waals surface area (Å²) in [7, 11) is 0. The van der Waals surface area contributed by atoms with E-state index in [1.807, 2.05) is 6.07 Å². The highest BCUT2D eigenvalue weighted by Gasteiger charge is 2.14. The van der Waals surface area contributed by atoms with Gasteiger partial charge in [0.05, 0.1) is 0 Å². The molecule has 1 aromatic heterocycles. The summed E-state index contributed by atoms with van der Waals surface area (Å²) in [5.74, 6) is 0.715. The van der Waals surface area contributed by atoms with E-state index in [1.165, 1.54) is 6.42 Å². The lowest BCUT2D eigenvalue weighted by Crippen LogP contribution is -2.37. The number of aryl methyl sites for hydroxylation is 1. The standard InChI is InChI=1S/C12H19N3O/c1-2-4-10-7-12(15-9-14-10)16-11-5-3-6-13-8-11/h7,9,11,13H,2-6,8H2,1H3. The minimum atomic E-state index is 0.262. The Kier molecular flexibility index (Phi) is 4.10. The Morgan fingerprint density at radius 2 is 2.44 bits per heavy atom. The maximum Gasteiger partial charge on any atom is 0.216 e. The van der Waals surface area contributed by atoms with Crippen LogP contribution in [0.25, 0.3) is 0 Å². The Hall–Kier alpha value is -1.16. The number of ether oxygens (including phenoxy) is 1. The van der Waals surface area contributed by atoms with Crippen LogP contribution in [0.1, 0.15) is 31.9 Å². The van der Waals surface area contributed by atoms with Gasteiger partial charge in [-0.2, -0.15) is 0 Å². The normalized spacial score (nSPS) is 20.7. The topological polar surface area (TPSA) is 47.0 Å². The quantitative estimate of drug-likeness (QED) is 0.838. The zero-order chi connectivity index (χ0) is 11.2. The number of hydrogen-bond acceptors (Lipinski definition) is 4. The number of hydrogen-bond donors (Lipinski definition) is 1. The molecule has 1 aliphatic rings. The van der Waals surface area contributed by atoms with E-state index in [2.05, 4.69) is 22.2 Å². The van der Waals surface area contributed by atoms with E-state index in [9.17, 15) is 0 Å². The lowest BCUT2D eigenvalue weighted by Gasteiger charge is -2.23. The molecule has 0 radical (unpaired) electrons. The molecular weight excluding hydrogens is 202 g/mol. The fourth-order valence-electron chi connectivity index (χ4n) is 1.93. The first-order valence-corrected chi connectivity index (χ1v) is 6.07. The molecule has 1 unspecified atom stereocenters. The second-order valence-corrected chi connectivity index (χ2v) is 4.18. The molecule has 0 aliphatic carbocycles. The van der Waals surface area contributed by atoms with Crippen LogP contribution in [0.2, 0.25) is 0 Å². The fourth-order valence-corrected chi connectivity index (χ4v) is 1.93. The Labute approximate surface area is 96.4 Å². The first-order valence-electron chi connectivity index (χ1n) is 6.07. The Morgan fingerprint density at radius 1 is 1.50 bits per heavy atom. The van der Waals surface area contributed by atoms with Gasteiger partial charge in [0.15, 0.2) is 0 Å². The van der Waals surface area contributed by atoms with Crippen molar-refractivity contribution in [1.29, 1.82) is 0 Å². The SMILES string of the molecule is CCCc1cc(OC2CCCNC2)ncn1. The molecule has 88 valence electrons. The largest absolute Gasteiger partial charge is 0.473 e. The van der Waals surface area contributed by atoms with E-state index >= 15 is 0 Å². The number of nitrogens with zero attached hydrogens (tertiary/aromatic N) is 2. The molecule has 0 saturated carbocycles. The predicted molar refractivity (Wildman–Crippen MR) is 62.5 cm³/mol. The Bertz CT molecular complexity index is 324. The zero-order valence-electron chi connectivity index (χ0n) is 9.78. The van der Waals surface area contributed by atoms with Crippen molar-refractivity contribution < 1.29 is 4.74 Å². The third-order valence-corrected chi connectivity index (χ3v) is 2.74. The molecule has 1 aliphatic heterocycles. The van der Waals surface area contributed by atoms with Gasteiger partial charge in [0.1, 0.15) is 12.4 Å². The molecule has 0 aromatic carbocycles. The number of nitrogens with one attached hydrogen (secondary N) is 1. The van der Waals surface area contributed by atoms with Gasteiger partial charge in [-0.15, -0.1) is 0 Å². The predicted octanol–water partition coefficient (Wildman–Crippen LogP) is 1.56. The van der Waals surface area contributed by atoms with Gasteiger partial charge in [0, 0.05) is 18.3 Å². The fraction of sp³-hybridized carbons (Fsp3) is 0.667. The maximum atomic E-state index is 5.83. The Balaban J connectivity index is 1.94. The molecule has 1 saturated heterocycles. The van der Waals surface area contributed by atoms with Crippen molar-refractivity contribution in [2.45, 2.75) is 38.7 Å². The van der Waals surface area contributed by atoms with Crippen LogP contribution in [0.5, 0.6) is 5.88 Å². The van der Waals surface area contributed by atoms with Gasteiger partial charge in [0.25, 0.3) is 0 Å². The van der Waals surface area contributed by atoms with E-state index in [1.54, 1.807) is 6.33 Å². The lowest BCUT2D eigenvalue weighted by atomic mass is 10.1. The summed E-state index contributed by atoms with van der Waals surface area (Å²) in [6.07, 6.45) is 6.23. The van der Waals surface area contributed by atoms with E-state index in [0.717, 1.165) is 38.0 Å². The van der Waals surface area contributed by atoms with Crippen LogP contribution >= 0.6 is 0 Å². The molecule has 2 rings (SSSR count). The van der Waals surface area contributed by atoms with Crippen molar-refractivity contribution >= 4 is 0 Å². The van der Waals surface area contributed by atoms with Gasteiger partial charge in [-0.05, 0) is 25.8 Å². The summed E-state index contributed by atoms with van der Waals surface area (Å²) >= 11 is 0. The van der Waals surface area contributed by atoms with Crippen molar-refractivity contribution in [3.8, 4) is 5.88 Å². The van der Waals surface area contributed by atoms with Crippen LogP contribution in [0.15, 0.2) is 12.4 Å². The highest BCUT2D eigenvalue weighted by atomic mass is 16.5. The lowest BCUT2D eigenvalue weighted by molar-refractivity contribution is 0.160. The van der Waals surface area contributed by atoms with E-state index in [4.69, 9.17) is 4.74 Å². The second-order valence-electron chi connectivity index (χ2n) is 4.18. The molecular formula is C12H19N3O. The molecule has 0 bridgehead atoms. The van der Waals surface area contributed by atoms with Crippen molar-refractivity contribution in [2.75, 3.05) is 13.1 Å². The average Bonchev–Trinajstić information content (AvgIpc) is 2.31. The Morgan fingerprint density at radius 3 is 3.19 bits per heavy atom. The van der Waals surface area contributed by atoms with E-state index in [-0.39, 0.29) is 6.10 Å². The smallest absolute Gasteiger partial charge is 0.216 e. The van der Waals surface area contributed by atoms with Crippen molar-refractivity contribution in [1.82, 2.24) is 15.3 Å². The molecule has 1 fully saturated rings. The molecule has 1 N–H and O–H groups in total. The first-order chi connectivity index (χ1) is 7.88. The highest BCUT2D eigenvalue weighted by Crippen LogP contribution is 2.13. The molecule has 1 atom stereocenters. The van der Waals surface area contributed by atoms with E-state index < -0.39 is 0 Å². The summed E-state index contributed by atoms with van der Waals surface area (Å²) < 4.78 is 5.83. The summed E-state index contributed by atoms with van der Waals surface area (Å²) in [5, 5.41) is 3.33. The number of aromatic nitrogens is 2. The average molecular weight is 221 g/mol. The van der Waals surface area contributed by atoms with Gasteiger partial charge < -0.3 is 10.1 Å². The second kappa shape index (κ2) is 5.80. The summed E-state index contributed by atoms with van der Waals surface area (Å²) in [4.78, 5) is 8.37. The molecule has 16 heavy (non-hydrogen) atoms. The third-order valence-electron chi connectivity index (χ3n) is 2.74. The van der Waals surface area contributed by atoms with Crippen LogP contribution in [0, 0.1) is 0 Å². The van der Waals surface area contributed by atoms with Gasteiger partial charge in [-0.3, -0.25) is 0 Å². The van der Waals surface area contributed by atoms with Crippen molar-refractivity contribution in [2.24, 2.45) is 0 Å². The molecule has 4 nitrogen and oxygen atoms in total. The summed E-state index contributed by atoms with van der Waals surface area (Å²) in [6, 6.07) is 1.96. The molecule has 2 heterocycles. The summed E-state index contributed by atoms with van der Waals surface area (Å²) in [6.45, 7) is 4.17. The minimum Gasteiger partial charge on any atom is -0.473 e. The number of piperidine rings is 1. The van der Waals surface area contributed by atoms with Crippen LogP contribution < -0.4 is 10.1 Å². The van der Waals surface area contributed by atoms with E-state index in [0.29, 0.717) is 5.88 Å². The van der Waals surface area contributed by atoms with Gasteiger partial charge in [-0.25, -0.2) is 9.97 Å². The molecule has 1 aromatic rings. The third kappa shape index (κ3) is 3.17. The van der Waals surface area contributed by atoms with Crippen LogP contribution in [0.4, 0.5) is 0 Å². The van der Waals surface area contributed by atoms with Crippen molar-refractivity contribution in [3.05, 3.63) is 18.1 Å². The van der Waals surface area contributed by atoms with Crippen LogP contribution in [-0.2, 0) is 6.42 Å². The van der Waals surface area contributed by atoms with Crippen molar-refractivity contribution in [3.63, 3.8) is 0 Å².